The van der Waals surface area contributed by atoms with Gasteiger partial charge in [-0.1, -0.05) is 23.7 Å². The van der Waals surface area contributed by atoms with Crippen LogP contribution in [0.5, 0.6) is 5.75 Å². The van der Waals surface area contributed by atoms with Crippen LogP contribution in [-0.4, -0.2) is 23.4 Å². The van der Waals surface area contributed by atoms with Crippen molar-refractivity contribution in [1.29, 1.82) is 0 Å². The number of benzene rings is 2. The zero-order chi connectivity index (χ0) is 21.5. The van der Waals surface area contributed by atoms with Gasteiger partial charge in [-0.25, -0.2) is 0 Å². The number of hydrogen-bond donors (Lipinski definition) is 0. The monoisotopic (exact) mass is 435 g/mol. The summed E-state index contributed by atoms with van der Waals surface area (Å²) in [5.74, 6) is 0.736. The highest BCUT2D eigenvalue weighted by Crippen LogP contribution is 2.32. The van der Waals surface area contributed by atoms with Crippen molar-refractivity contribution in [2.45, 2.75) is 19.1 Å². The Balaban J connectivity index is 1.68. The maximum absolute atomic E-state index is 13.0. The van der Waals surface area contributed by atoms with Crippen molar-refractivity contribution in [1.82, 2.24) is 9.78 Å². The molecule has 5 nitrogen and oxygen atoms in total. The molecule has 1 aliphatic heterocycles. The standard InChI is InChI=1S/C21H17ClF3N3O2/c1-30-17-6-5-13-7-8-27(12-14(13)9-17)18-11-26-28(20(29)19(18)22)16-4-2-3-15(10-16)21(23,24)25/h2-6,9-11H,7-8,12H2,1H3. The molecule has 3 aromatic rings. The summed E-state index contributed by atoms with van der Waals surface area (Å²) >= 11 is 6.34. The Morgan fingerprint density at radius 2 is 1.93 bits per heavy atom. The maximum Gasteiger partial charge on any atom is 0.416 e. The maximum atomic E-state index is 13.0. The number of fused-ring (bicyclic) bond motifs is 1. The van der Waals surface area contributed by atoms with E-state index in [9.17, 15) is 18.0 Å². The second-order valence-corrected chi connectivity index (χ2v) is 7.29. The molecule has 0 aliphatic carbocycles. The first-order valence-corrected chi connectivity index (χ1v) is 9.52. The minimum atomic E-state index is -4.52. The molecule has 0 N–H and O–H groups in total. The largest absolute Gasteiger partial charge is 0.497 e. The van der Waals surface area contributed by atoms with Crippen LogP contribution in [0.3, 0.4) is 0 Å². The van der Waals surface area contributed by atoms with E-state index in [1.165, 1.54) is 23.9 Å². The number of rotatable bonds is 3. The predicted octanol–water partition coefficient (Wildman–Crippen LogP) is 4.48. The zero-order valence-corrected chi connectivity index (χ0v) is 16.7. The molecular formula is C21H17ClF3N3O2. The number of halogens is 4. The van der Waals surface area contributed by atoms with Gasteiger partial charge in [-0.05, 0) is 47.9 Å². The third-order valence-corrected chi connectivity index (χ3v) is 5.44. The molecule has 0 saturated heterocycles. The summed E-state index contributed by atoms with van der Waals surface area (Å²) in [6, 6.07) is 10.3. The number of hydrogen-bond acceptors (Lipinski definition) is 4. The highest BCUT2D eigenvalue weighted by molar-refractivity contribution is 6.33. The lowest BCUT2D eigenvalue weighted by atomic mass is 9.99. The van der Waals surface area contributed by atoms with Crippen LogP contribution in [0.2, 0.25) is 5.02 Å². The first kappa shape index (κ1) is 20.3. The van der Waals surface area contributed by atoms with Crippen molar-refractivity contribution < 1.29 is 17.9 Å². The number of anilines is 1. The quantitative estimate of drug-likeness (QED) is 0.608. The van der Waals surface area contributed by atoms with Gasteiger partial charge in [0.15, 0.2) is 0 Å². The van der Waals surface area contributed by atoms with Crippen LogP contribution in [0.1, 0.15) is 16.7 Å². The highest BCUT2D eigenvalue weighted by atomic mass is 35.5. The SMILES string of the molecule is COc1ccc2c(c1)CN(c1cnn(-c3cccc(C(F)(F)F)c3)c(=O)c1Cl)CC2. The van der Waals surface area contributed by atoms with E-state index in [2.05, 4.69) is 5.10 Å². The molecule has 0 bridgehead atoms. The molecule has 0 spiro atoms. The number of ether oxygens (including phenoxy) is 1. The minimum Gasteiger partial charge on any atom is -0.497 e. The van der Waals surface area contributed by atoms with E-state index in [1.807, 2.05) is 23.1 Å². The predicted molar refractivity (Wildman–Crippen MR) is 108 cm³/mol. The summed E-state index contributed by atoms with van der Waals surface area (Å²) in [6.07, 6.45) is -2.35. The molecule has 0 radical (unpaired) electrons. The Morgan fingerprint density at radius 3 is 2.67 bits per heavy atom. The van der Waals surface area contributed by atoms with Gasteiger partial charge in [0.1, 0.15) is 10.8 Å². The fraction of sp³-hybridized carbons (Fsp3) is 0.238. The molecule has 1 aromatic heterocycles. The summed E-state index contributed by atoms with van der Waals surface area (Å²) in [6.45, 7) is 1.15. The van der Waals surface area contributed by atoms with E-state index in [4.69, 9.17) is 16.3 Å². The Labute approximate surface area is 175 Å². The lowest BCUT2D eigenvalue weighted by molar-refractivity contribution is -0.137. The molecule has 0 fully saturated rings. The van der Waals surface area contributed by atoms with E-state index in [0.717, 1.165) is 34.5 Å². The Kier molecular flexibility index (Phi) is 5.19. The number of nitrogens with zero attached hydrogens (tertiary/aromatic N) is 3. The molecule has 9 heteroatoms. The second kappa shape index (κ2) is 7.68. The average molecular weight is 436 g/mol. The molecule has 0 saturated carbocycles. The molecule has 4 rings (SSSR count). The van der Waals surface area contributed by atoms with E-state index < -0.39 is 17.3 Å². The third kappa shape index (κ3) is 3.75. The Bertz CT molecular complexity index is 1160. The summed E-state index contributed by atoms with van der Waals surface area (Å²) in [5.41, 5.74) is 1.14. The van der Waals surface area contributed by atoms with E-state index >= 15 is 0 Å². The van der Waals surface area contributed by atoms with Crippen LogP contribution in [-0.2, 0) is 19.1 Å². The van der Waals surface area contributed by atoms with Gasteiger partial charge in [0.05, 0.1) is 30.2 Å². The molecule has 0 amide bonds. The van der Waals surface area contributed by atoms with Crippen LogP contribution in [0.25, 0.3) is 5.69 Å². The summed E-state index contributed by atoms with van der Waals surface area (Å²) in [5, 5.41) is 3.99. The fourth-order valence-electron chi connectivity index (χ4n) is 3.51. The van der Waals surface area contributed by atoms with Gasteiger partial charge in [0.2, 0.25) is 0 Å². The van der Waals surface area contributed by atoms with Gasteiger partial charge in [0, 0.05) is 13.1 Å². The first-order chi connectivity index (χ1) is 14.3. The Morgan fingerprint density at radius 1 is 1.13 bits per heavy atom. The molecule has 156 valence electrons. The van der Waals surface area contributed by atoms with E-state index in [0.29, 0.717) is 18.8 Å². The van der Waals surface area contributed by atoms with Gasteiger partial charge in [-0.15, -0.1) is 0 Å². The summed E-state index contributed by atoms with van der Waals surface area (Å²) in [7, 11) is 1.59. The lowest BCUT2D eigenvalue weighted by Gasteiger charge is -2.31. The first-order valence-electron chi connectivity index (χ1n) is 9.14. The molecule has 0 unspecified atom stereocenters. The van der Waals surface area contributed by atoms with Crippen LogP contribution >= 0.6 is 11.6 Å². The molecule has 30 heavy (non-hydrogen) atoms. The molecule has 2 aromatic carbocycles. The summed E-state index contributed by atoms with van der Waals surface area (Å²) in [4.78, 5) is 14.7. The van der Waals surface area contributed by atoms with Gasteiger partial charge >= 0.3 is 6.18 Å². The fourth-order valence-corrected chi connectivity index (χ4v) is 3.76. The van der Waals surface area contributed by atoms with Crippen LogP contribution in [0.15, 0.2) is 53.5 Å². The normalized spacial score (nSPS) is 13.8. The highest BCUT2D eigenvalue weighted by Gasteiger charge is 2.31. The van der Waals surface area contributed by atoms with Crippen molar-refractivity contribution in [2.75, 3.05) is 18.6 Å². The van der Waals surface area contributed by atoms with Crippen molar-refractivity contribution >= 4 is 17.3 Å². The second-order valence-electron chi connectivity index (χ2n) is 6.92. The van der Waals surface area contributed by atoms with E-state index in [1.54, 1.807) is 7.11 Å². The van der Waals surface area contributed by atoms with Crippen molar-refractivity contribution in [3.05, 3.63) is 80.7 Å². The smallest absolute Gasteiger partial charge is 0.416 e. The van der Waals surface area contributed by atoms with Crippen molar-refractivity contribution in [3.63, 3.8) is 0 Å². The van der Waals surface area contributed by atoms with Crippen molar-refractivity contribution in [2.24, 2.45) is 0 Å². The van der Waals surface area contributed by atoms with Gasteiger partial charge < -0.3 is 9.64 Å². The van der Waals surface area contributed by atoms with Crippen LogP contribution in [0.4, 0.5) is 18.9 Å². The number of methoxy groups -OCH3 is 1. The minimum absolute atomic E-state index is 0.00278. The van der Waals surface area contributed by atoms with Gasteiger partial charge in [-0.2, -0.15) is 23.0 Å². The van der Waals surface area contributed by atoms with Gasteiger partial charge in [0.25, 0.3) is 5.56 Å². The average Bonchev–Trinajstić information content (AvgIpc) is 2.74. The number of aromatic nitrogens is 2. The van der Waals surface area contributed by atoms with Crippen LogP contribution in [0, 0.1) is 0 Å². The van der Waals surface area contributed by atoms with Gasteiger partial charge in [-0.3, -0.25) is 4.79 Å². The number of alkyl halides is 3. The molecule has 2 heterocycles. The van der Waals surface area contributed by atoms with Crippen LogP contribution < -0.4 is 15.2 Å². The van der Waals surface area contributed by atoms with E-state index in [-0.39, 0.29) is 10.7 Å². The Hall–Kier alpha value is -3.00. The molecule has 1 aliphatic rings. The summed E-state index contributed by atoms with van der Waals surface area (Å²) < 4.78 is 45.1. The van der Waals surface area contributed by atoms with Crippen molar-refractivity contribution in [3.8, 4) is 11.4 Å². The third-order valence-electron chi connectivity index (χ3n) is 5.08. The zero-order valence-electron chi connectivity index (χ0n) is 15.9. The topological polar surface area (TPSA) is 47.4 Å². The molecule has 0 atom stereocenters. The molecular weight excluding hydrogens is 419 g/mol. The lowest BCUT2D eigenvalue weighted by Crippen LogP contribution is -2.33.